The quantitative estimate of drug-likeness (QED) is 0.778. The SMILES string of the molecule is CCNCc1nc(COCC2CC=CCC2C)cs1. The summed E-state index contributed by atoms with van der Waals surface area (Å²) in [6.07, 6.45) is 6.92. The van der Waals surface area contributed by atoms with Gasteiger partial charge in [0.2, 0.25) is 0 Å². The monoisotopic (exact) mass is 280 g/mol. The summed E-state index contributed by atoms with van der Waals surface area (Å²) in [5.41, 5.74) is 1.07. The maximum atomic E-state index is 5.84. The molecule has 0 amide bonds. The fourth-order valence-electron chi connectivity index (χ4n) is 2.28. The second-order valence-corrected chi connectivity index (χ2v) is 6.15. The molecular weight excluding hydrogens is 256 g/mol. The number of aromatic nitrogens is 1. The van der Waals surface area contributed by atoms with Gasteiger partial charge >= 0.3 is 0 Å². The van der Waals surface area contributed by atoms with Gasteiger partial charge in [0.25, 0.3) is 0 Å². The van der Waals surface area contributed by atoms with Crippen LogP contribution in [-0.2, 0) is 17.9 Å². The van der Waals surface area contributed by atoms with E-state index in [1.807, 2.05) is 0 Å². The minimum absolute atomic E-state index is 0.648. The van der Waals surface area contributed by atoms with Crippen molar-refractivity contribution in [1.82, 2.24) is 10.3 Å². The normalized spacial score (nSPS) is 22.8. The first-order chi connectivity index (χ1) is 9.29. The fourth-order valence-corrected chi connectivity index (χ4v) is 3.03. The Bertz CT molecular complexity index is 403. The van der Waals surface area contributed by atoms with E-state index in [0.29, 0.717) is 12.5 Å². The summed E-state index contributed by atoms with van der Waals surface area (Å²) in [5, 5.41) is 6.55. The van der Waals surface area contributed by atoms with E-state index >= 15 is 0 Å². The van der Waals surface area contributed by atoms with Gasteiger partial charge < -0.3 is 10.1 Å². The molecule has 19 heavy (non-hydrogen) atoms. The Morgan fingerprint density at radius 3 is 3.05 bits per heavy atom. The zero-order chi connectivity index (χ0) is 13.5. The largest absolute Gasteiger partial charge is 0.375 e. The standard InChI is InChI=1S/C15H24N2OS/c1-3-16-8-15-17-14(11-19-15)10-18-9-13-7-5-4-6-12(13)2/h4-5,11-13,16H,3,6-10H2,1-2H3. The van der Waals surface area contributed by atoms with E-state index in [1.165, 1.54) is 6.42 Å². The molecule has 0 aliphatic heterocycles. The van der Waals surface area contributed by atoms with Crippen molar-refractivity contribution in [3.8, 4) is 0 Å². The van der Waals surface area contributed by atoms with E-state index in [9.17, 15) is 0 Å². The Hall–Kier alpha value is -0.710. The minimum Gasteiger partial charge on any atom is -0.375 e. The number of rotatable bonds is 7. The van der Waals surface area contributed by atoms with E-state index in [-0.39, 0.29) is 0 Å². The topological polar surface area (TPSA) is 34.2 Å². The van der Waals surface area contributed by atoms with Crippen LogP contribution in [0.5, 0.6) is 0 Å². The highest BCUT2D eigenvalue weighted by atomic mass is 32.1. The number of nitrogens with one attached hydrogen (secondary N) is 1. The molecule has 0 saturated heterocycles. The number of nitrogens with zero attached hydrogens (tertiary/aromatic N) is 1. The lowest BCUT2D eigenvalue weighted by molar-refractivity contribution is 0.0664. The van der Waals surface area contributed by atoms with Crippen LogP contribution in [0, 0.1) is 11.8 Å². The summed E-state index contributed by atoms with van der Waals surface area (Å²) in [7, 11) is 0. The molecule has 2 rings (SSSR count). The number of allylic oxidation sites excluding steroid dienone is 2. The van der Waals surface area contributed by atoms with Gasteiger partial charge in [-0.15, -0.1) is 11.3 Å². The summed E-state index contributed by atoms with van der Waals surface area (Å²) >= 11 is 1.71. The molecule has 1 aromatic rings. The first-order valence-electron chi connectivity index (χ1n) is 7.16. The summed E-state index contributed by atoms with van der Waals surface area (Å²) in [6.45, 7) is 7.78. The molecule has 4 heteroatoms. The molecule has 1 N–H and O–H groups in total. The van der Waals surface area contributed by atoms with Crippen molar-refractivity contribution in [1.29, 1.82) is 0 Å². The molecule has 3 nitrogen and oxygen atoms in total. The van der Waals surface area contributed by atoms with Crippen molar-refractivity contribution in [2.75, 3.05) is 13.2 Å². The predicted molar refractivity (Wildman–Crippen MR) is 80.2 cm³/mol. The molecule has 0 bridgehead atoms. The second-order valence-electron chi connectivity index (χ2n) is 5.21. The van der Waals surface area contributed by atoms with Crippen LogP contribution in [0.1, 0.15) is 37.4 Å². The molecule has 0 radical (unpaired) electrons. The molecule has 0 spiro atoms. The van der Waals surface area contributed by atoms with Crippen LogP contribution >= 0.6 is 11.3 Å². The third-order valence-corrected chi connectivity index (χ3v) is 4.52. The van der Waals surface area contributed by atoms with Crippen LogP contribution < -0.4 is 5.32 Å². The Morgan fingerprint density at radius 1 is 1.42 bits per heavy atom. The predicted octanol–water partition coefficient (Wildman–Crippen LogP) is 3.37. The second kappa shape index (κ2) is 7.78. The zero-order valence-corrected chi connectivity index (χ0v) is 12.7. The summed E-state index contributed by atoms with van der Waals surface area (Å²) in [5.74, 6) is 1.41. The Kier molecular flexibility index (Phi) is 6.01. The number of thiazole rings is 1. The summed E-state index contributed by atoms with van der Waals surface area (Å²) in [4.78, 5) is 4.57. The smallest absolute Gasteiger partial charge is 0.107 e. The van der Waals surface area contributed by atoms with Gasteiger partial charge in [0.1, 0.15) is 5.01 Å². The molecule has 0 fully saturated rings. The van der Waals surface area contributed by atoms with Crippen LogP contribution in [0.25, 0.3) is 0 Å². The van der Waals surface area contributed by atoms with Crippen molar-refractivity contribution in [2.45, 2.75) is 39.8 Å². The molecule has 1 heterocycles. The van der Waals surface area contributed by atoms with Gasteiger partial charge in [-0.25, -0.2) is 4.98 Å². The lowest BCUT2D eigenvalue weighted by atomic mass is 9.85. The molecule has 2 atom stereocenters. The molecule has 1 aliphatic carbocycles. The maximum Gasteiger partial charge on any atom is 0.107 e. The maximum absolute atomic E-state index is 5.84. The third kappa shape index (κ3) is 4.71. The van der Waals surface area contributed by atoms with Gasteiger partial charge in [-0.1, -0.05) is 26.0 Å². The summed E-state index contributed by atoms with van der Waals surface area (Å²) in [6, 6.07) is 0. The van der Waals surface area contributed by atoms with Crippen molar-refractivity contribution in [3.63, 3.8) is 0 Å². The zero-order valence-electron chi connectivity index (χ0n) is 11.9. The lowest BCUT2D eigenvalue weighted by Crippen LogP contribution is -2.19. The number of ether oxygens (including phenoxy) is 1. The van der Waals surface area contributed by atoms with Gasteiger partial charge in [0, 0.05) is 11.9 Å². The summed E-state index contributed by atoms with van der Waals surface area (Å²) < 4.78 is 5.84. The van der Waals surface area contributed by atoms with Crippen molar-refractivity contribution < 1.29 is 4.74 Å². The number of hydrogen-bond donors (Lipinski definition) is 1. The van der Waals surface area contributed by atoms with Crippen molar-refractivity contribution >= 4 is 11.3 Å². The molecule has 0 aromatic carbocycles. The van der Waals surface area contributed by atoms with Gasteiger partial charge in [-0.3, -0.25) is 0 Å². The molecule has 2 unspecified atom stereocenters. The van der Waals surface area contributed by atoms with E-state index in [4.69, 9.17) is 4.74 Å². The van der Waals surface area contributed by atoms with Crippen LogP contribution in [0.3, 0.4) is 0 Å². The number of hydrogen-bond acceptors (Lipinski definition) is 4. The van der Waals surface area contributed by atoms with E-state index in [1.54, 1.807) is 11.3 Å². The van der Waals surface area contributed by atoms with Gasteiger partial charge in [-0.05, 0) is 31.2 Å². The average molecular weight is 280 g/mol. The molecular formula is C15H24N2OS. The van der Waals surface area contributed by atoms with Gasteiger partial charge in [-0.2, -0.15) is 0 Å². The average Bonchev–Trinajstić information content (AvgIpc) is 2.86. The highest BCUT2D eigenvalue weighted by molar-refractivity contribution is 7.09. The van der Waals surface area contributed by atoms with Crippen LogP contribution in [0.4, 0.5) is 0 Å². The first kappa shape index (κ1) is 14.7. The molecule has 1 aliphatic rings. The highest BCUT2D eigenvalue weighted by Crippen LogP contribution is 2.25. The molecule has 1 aromatic heterocycles. The van der Waals surface area contributed by atoms with Crippen LogP contribution in [0.2, 0.25) is 0 Å². The lowest BCUT2D eigenvalue weighted by Gasteiger charge is -2.24. The van der Waals surface area contributed by atoms with Crippen LogP contribution in [0.15, 0.2) is 17.5 Å². The Morgan fingerprint density at radius 2 is 2.26 bits per heavy atom. The molecule has 0 saturated carbocycles. The Balaban J connectivity index is 1.70. The van der Waals surface area contributed by atoms with E-state index in [2.05, 4.69) is 41.7 Å². The first-order valence-corrected chi connectivity index (χ1v) is 8.04. The highest BCUT2D eigenvalue weighted by Gasteiger charge is 2.18. The fraction of sp³-hybridized carbons (Fsp3) is 0.667. The minimum atomic E-state index is 0.648. The molecule has 106 valence electrons. The van der Waals surface area contributed by atoms with Crippen molar-refractivity contribution in [2.24, 2.45) is 11.8 Å². The third-order valence-electron chi connectivity index (χ3n) is 3.63. The van der Waals surface area contributed by atoms with Crippen molar-refractivity contribution in [3.05, 3.63) is 28.2 Å². The van der Waals surface area contributed by atoms with Gasteiger partial charge in [0.15, 0.2) is 0 Å². The van der Waals surface area contributed by atoms with Gasteiger partial charge in [0.05, 0.1) is 18.9 Å². The van der Waals surface area contributed by atoms with E-state index in [0.717, 1.165) is 42.7 Å². The van der Waals surface area contributed by atoms with E-state index < -0.39 is 0 Å². The Labute approximate surface area is 120 Å². The van der Waals surface area contributed by atoms with Crippen LogP contribution in [-0.4, -0.2) is 18.1 Å².